The zero-order valence-corrected chi connectivity index (χ0v) is 15.9. The molecule has 0 N–H and O–H groups in total. The highest BCUT2D eigenvalue weighted by atomic mass is 32.1. The van der Waals surface area contributed by atoms with Crippen LogP contribution in [0.15, 0.2) is 35.6 Å². The first kappa shape index (κ1) is 16.7. The predicted molar refractivity (Wildman–Crippen MR) is 105 cm³/mol. The third-order valence-electron chi connectivity index (χ3n) is 5.46. The van der Waals surface area contributed by atoms with E-state index in [0.29, 0.717) is 12.4 Å². The van der Waals surface area contributed by atoms with E-state index in [4.69, 9.17) is 4.98 Å². The lowest BCUT2D eigenvalue weighted by Crippen LogP contribution is -2.37. The van der Waals surface area contributed by atoms with Crippen molar-refractivity contribution in [3.05, 3.63) is 51.8 Å². The van der Waals surface area contributed by atoms with Gasteiger partial charge in [-0.2, -0.15) is 5.10 Å². The minimum atomic E-state index is -0.0656. The van der Waals surface area contributed by atoms with E-state index in [9.17, 15) is 4.79 Å². The molecule has 8 heteroatoms. The number of thiazole rings is 1. The van der Waals surface area contributed by atoms with Gasteiger partial charge in [0.1, 0.15) is 6.33 Å². The number of aromatic nitrogens is 5. The molecule has 5 rings (SSSR count). The Labute approximate surface area is 161 Å². The number of nitrogens with zero attached hydrogens (tertiary/aromatic N) is 6. The van der Waals surface area contributed by atoms with E-state index in [1.807, 2.05) is 22.1 Å². The summed E-state index contributed by atoms with van der Waals surface area (Å²) in [5.41, 5.74) is 1.23. The Hall–Kier alpha value is -2.48. The number of rotatable bonds is 4. The molecule has 0 saturated carbocycles. The van der Waals surface area contributed by atoms with E-state index in [1.54, 1.807) is 29.3 Å². The van der Waals surface area contributed by atoms with Crippen LogP contribution in [-0.4, -0.2) is 36.9 Å². The van der Waals surface area contributed by atoms with Crippen LogP contribution in [0, 0.1) is 0 Å². The van der Waals surface area contributed by atoms with Crippen LogP contribution in [0.5, 0.6) is 0 Å². The number of hydrogen-bond acceptors (Lipinski definition) is 6. The van der Waals surface area contributed by atoms with Crippen LogP contribution in [0.25, 0.3) is 5.82 Å². The zero-order valence-electron chi connectivity index (χ0n) is 15.1. The molecule has 0 aromatic carbocycles. The summed E-state index contributed by atoms with van der Waals surface area (Å²) >= 11 is 1.85. The zero-order chi connectivity index (χ0) is 18.2. The van der Waals surface area contributed by atoms with Gasteiger partial charge in [0.2, 0.25) is 0 Å². The van der Waals surface area contributed by atoms with E-state index in [2.05, 4.69) is 15.0 Å². The summed E-state index contributed by atoms with van der Waals surface area (Å²) in [5, 5.41) is 5.68. The van der Waals surface area contributed by atoms with Gasteiger partial charge >= 0.3 is 0 Å². The summed E-state index contributed by atoms with van der Waals surface area (Å²) in [6.07, 6.45) is 12.2. The van der Waals surface area contributed by atoms with E-state index in [1.165, 1.54) is 29.8 Å². The van der Waals surface area contributed by atoms with E-state index in [0.717, 1.165) is 30.9 Å². The van der Waals surface area contributed by atoms with Crippen LogP contribution in [0.3, 0.4) is 0 Å². The summed E-state index contributed by atoms with van der Waals surface area (Å²) in [6, 6.07) is 3.59. The van der Waals surface area contributed by atoms with Gasteiger partial charge in [-0.25, -0.2) is 14.6 Å². The van der Waals surface area contributed by atoms with E-state index < -0.39 is 0 Å². The van der Waals surface area contributed by atoms with Crippen molar-refractivity contribution >= 4 is 16.5 Å². The molecule has 1 atom stereocenters. The van der Waals surface area contributed by atoms with E-state index in [-0.39, 0.29) is 11.6 Å². The topological polar surface area (TPSA) is 68.8 Å². The first-order chi connectivity index (χ1) is 13.3. The third-order valence-corrected chi connectivity index (χ3v) is 6.66. The highest BCUT2D eigenvalue weighted by Crippen LogP contribution is 2.35. The predicted octanol–water partition coefficient (Wildman–Crippen LogP) is 2.43. The molecule has 1 unspecified atom stereocenters. The lowest BCUT2D eigenvalue weighted by molar-refractivity contribution is 0.485. The monoisotopic (exact) mass is 382 g/mol. The van der Waals surface area contributed by atoms with Gasteiger partial charge in [-0.3, -0.25) is 9.36 Å². The maximum atomic E-state index is 12.4. The average Bonchev–Trinajstić information content (AvgIpc) is 3.43. The van der Waals surface area contributed by atoms with Crippen LogP contribution in [-0.2, 0) is 19.4 Å². The molecule has 1 saturated heterocycles. The summed E-state index contributed by atoms with van der Waals surface area (Å²) in [5.74, 6) is 0.710. The van der Waals surface area contributed by atoms with Gasteiger partial charge in [-0.15, -0.1) is 11.3 Å². The fraction of sp³-hybridized carbons (Fsp3) is 0.474. The van der Waals surface area contributed by atoms with Gasteiger partial charge in [0.05, 0.1) is 18.3 Å². The van der Waals surface area contributed by atoms with Crippen LogP contribution in [0.2, 0.25) is 0 Å². The van der Waals surface area contributed by atoms with Gasteiger partial charge < -0.3 is 4.90 Å². The van der Waals surface area contributed by atoms with Gasteiger partial charge in [-0.05, 0) is 44.6 Å². The SMILES string of the molecule is O=c1ccc(-n2ccnc2)nn1CC1CCCN1c1nc2c(s1)CCCC2. The largest absolute Gasteiger partial charge is 0.343 e. The Balaban J connectivity index is 1.41. The molecule has 0 spiro atoms. The molecular formula is C19H22N6OS. The summed E-state index contributed by atoms with van der Waals surface area (Å²) in [4.78, 5) is 25.2. The van der Waals surface area contributed by atoms with Crippen molar-refractivity contribution in [2.75, 3.05) is 11.4 Å². The summed E-state index contributed by atoms with van der Waals surface area (Å²) in [7, 11) is 0. The number of fused-ring (bicyclic) bond motifs is 1. The quantitative estimate of drug-likeness (QED) is 0.693. The normalized spacial score (nSPS) is 19.4. The molecule has 1 aliphatic heterocycles. The Bertz CT molecular complexity index is 969. The molecule has 0 bridgehead atoms. The van der Waals surface area contributed by atoms with Crippen LogP contribution in [0.4, 0.5) is 5.13 Å². The van der Waals surface area contributed by atoms with Crippen molar-refractivity contribution < 1.29 is 0 Å². The second-order valence-electron chi connectivity index (χ2n) is 7.24. The fourth-order valence-corrected chi connectivity index (χ4v) is 5.29. The maximum Gasteiger partial charge on any atom is 0.266 e. The van der Waals surface area contributed by atoms with Gasteiger partial charge in [0.15, 0.2) is 10.9 Å². The smallest absolute Gasteiger partial charge is 0.266 e. The highest BCUT2D eigenvalue weighted by Gasteiger charge is 2.29. The van der Waals surface area contributed by atoms with Gasteiger partial charge in [-0.1, -0.05) is 0 Å². The molecule has 0 amide bonds. The minimum Gasteiger partial charge on any atom is -0.343 e. The number of anilines is 1. The maximum absolute atomic E-state index is 12.4. The molecule has 0 radical (unpaired) electrons. The van der Waals surface area contributed by atoms with Crippen molar-refractivity contribution in [3.8, 4) is 5.82 Å². The first-order valence-electron chi connectivity index (χ1n) is 9.60. The van der Waals surface area contributed by atoms with Crippen molar-refractivity contribution in [2.24, 2.45) is 0 Å². The fourth-order valence-electron chi connectivity index (χ4n) is 4.04. The molecule has 2 aliphatic rings. The van der Waals surface area contributed by atoms with Crippen molar-refractivity contribution in [2.45, 2.75) is 51.1 Å². The van der Waals surface area contributed by atoms with Crippen LogP contribution < -0.4 is 10.5 Å². The van der Waals surface area contributed by atoms with Crippen molar-refractivity contribution in [1.29, 1.82) is 0 Å². The number of hydrogen-bond donors (Lipinski definition) is 0. The molecule has 4 heterocycles. The van der Waals surface area contributed by atoms with Crippen LogP contribution >= 0.6 is 11.3 Å². The minimum absolute atomic E-state index is 0.0656. The first-order valence-corrected chi connectivity index (χ1v) is 10.4. The molecule has 1 fully saturated rings. The molecule has 27 heavy (non-hydrogen) atoms. The Kier molecular flexibility index (Phi) is 4.27. The lowest BCUT2D eigenvalue weighted by Gasteiger charge is -2.24. The Morgan fingerprint density at radius 2 is 2.11 bits per heavy atom. The van der Waals surface area contributed by atoms with Crippen molar-refractivity contribution in [3.63, 3.8) is 0 Å². The second kappa shape index (κ2) is 6.92. The number of aryl methyl sites for hydroxylation is 2. The molecule has 140 valence electrons. The number of imidazole rings is 1. The summed E-state index contributed by atoms with van der Waals surface area (Å²) < 4.78 is 3.41. The molecule has 1 aliphatic carbocycles. The molecular weight excluding hydrogens is 360 g/mol. The molecule has 3 aromatic heterocycles. The average molecular weight is 382 g/mol. The second-order valence-corrected chi connectivity index (χ2v) is 8.31. The van der Waals surface area contributed by atoms with Crippen LogP contribution in [0.1, 0.15) is 36.3 Å². The third kappa shape index (κ3) is 3.18. The standard InChI is InChI=1S/C19H22N6OS/c26-18-8-7-17(23-11-9-20-13-23)22-25(18)12-14-4-3-10-24(14)19-21-15-5-1-2-6-16(15)27-19/h7-9,11,13-14H,1-6,10,12H2. The molecule has 7 nitrogen and oxygen atoms in total. The Morgan fingerprint density at radius 3 is 2.96 bits per heavy atom. The van der Waals surface area contributed by atoms with Gasteiger partial charge in [0.25, 0.3) is 5.56 Å². The lowest BCUT2D eigenvalue weighted by atomic mass is 10.0. The summed E-state index contributed by atoms with van der Waals surface area (Å²) in [6.45, 7) is 1.60. The van der Waals surface area contributed by atoms with E-state index >= 15 is 0 Å². The highest BCUT2D eigenvalue weighted by molar-refractivity contribution is 7.15. The molecule has 3 aromatic rings. The van der Waals surface area contributed by atoms with Gasteiger partial charge in [0, 0.05) is 29.9 Å². The van der Waals surface area contributed by atoms with Crippen molar-refractivity contribution in [1.82, 2.24) is 24.3 Å². The Morgan fingerprint density at radius 1 is 1.19 bits per heavy atom.